The number of amides is 1. The van der Waals surface area contributed by atoms with Gasteiger partial charge in [0, 0.05) is 18.7 Å². The summed E-state index contributed by atoms with van der Waals surface area (Å²) in [6.45, 7) is 4.01. The van der Waals surface area contributed by atoms with E-state index in [-0.39, 0.29) is 34.3 Å². The highest BCUT2D eigenvalue weighted by molar-refractivity contribution is 6.06. The van der Waals surface area contributed by atoms with E-state index in [9.17, 15) is 27.9 Å². The summed E-state index contributed by atoms with van der Waals surface area (Å²) in [4.78, 5) is 28.3. The topological polar surface area (TPSA) is 114 Å². The van der Waals surface area contributed by atoms with Gasteiger partial charge in [0.1, 0.15) is 0 Å². The Hall–Kier alpha value is -4.22. The number of benzene rings is 1. The maximum Gasteiger partial charge on any atom is 0.433 e. The number of carbonyl (C=O) groups is 2. The molecule has 0 fully saturated rings. The molecule has 0 unspecified atom stereocenters. The highest BCUT2D eigenvalue weighted by Crippen LogP contribution is 2.33. The molecule has 3 heterocycles. The number of anilines is 1. The molecule has 2 N–H and O–H groups in total. The van der Waals surface area contributed by atoms with Gasteiger partial charge in [0.05, 0.1) is 17.6 Å². The maximum absolute atomic E-state index is 13.8. The molecule has 176 valence electrons. The number of hydrogen-bond donors (Lipinski definition) is 2. The number of carboxylic acid groups (broad SMARTS) is 1. The maximum atomic E-state index is 13.8. The van der Waals surface area contributed by atoms with Gasteiger partial charge in [0.15, 0.2) is 22.7 Å². The van der Waals surface area contributed by atoms with E-state index in [0.717, 1.165) is 28.6 Å². The molecule has 0 radical (unpaired) electrons. The number of alkyl halides is 3. The molecule has 0 aliphatic carbocycles. The average Bonchev–Trinajstić information content (AvgIpc) is 3.35. The van der Waals surface area contributed by atoms with E-state index in [1.807, 2.05) is 26.0 Å². The average molecular weight is 472 g/mol. The standard InChI is InChI=1S/C22H19F3N6O3/c1-11(2)12-4-6-13(7-5-12)14-8-17(22(23,24)25)31-18(27-14)9-15(29-31)20(32)28-16-10-26-30(3)19(16)21(33)34/h4-11H,1-3H3,(H,28,32)(H,33,34). The minimum atomic E-state index is -4.77. The largest absolute Gasteiger partial charge is 0.476 e. The van der Waals surface area contributed by atoms with Crippen molar-refractivity contribution in [2.75, 3.05) is 5.32 Å². The summed E-state index contributed by atoms with van der Waals surface area (Å²) in [5.41, 5.74) is -0.496. The Balaban J connectivity index is 1.76. The number of carbonyl (C=O) groups excluding carboxylic acids is 1. The van der Waals surface area contributed by atoms with Gasteiger partial charge in [-0.2, -0.15) is 23.4 Å². The predicted molar refractivity (Wildman–Crippen MR) is 116 cm³/mol. The Morgan fingerprint density at radius 1 is 1.12 bits per heavy atom. The van der Waals surface area contributed by atoms with Gasteiger partial charge in [-0.1, -0.05) is 38.1 Å². The minimum Gasteiger partial charge on any atom is -0.476 e. The highest BCUT2D eigenvalue weighted by Gasteiger charge is 2.36. The number of hydrogen-bond acceptors (Lipinski definition) is 5. The second-order valence-electron chi connectivity index (χ2n) is 7.89. The first-order valence-corrected chi connectivity index (χ1v) is 10.1. The Morgan fingerprint density at radius 2 is 1.79 bits per heavy atom. The van der Waals surface area contributed by atoms with Crippen LogP contribution in [0.3, 0.4) is 0 Å². The molecule has 0 saturated heterocycles. The smallest absolute Gasteiger partial charge is 0.433 e. The van der Waals surface area contributed by atoms with Crippen molar-refractivity contribution >= 4 is 23.2 Å². The Morgan fingerprint density at radius 3 is 2.38 bits per heavy atom. The fourth-order valence-corrected chi connectivity index (χ4v) is 3.44. The monoisotopic (exact) mass is 472 g/mol. The van der Waals surface area contributed by atoms with Crippen molar-refractivity contribution in [3.8, 4) is 11.3 Å². The van der Waals surface area contributed by atoms with Crippen molar-refractivity contribution in [3.05, 3.63) is 65.2 Å². The molecule has 12 heteroatoms. The first kappa shape index (κ1) is 23.0. The number of fused-ring (bicyclic) bond motifs is 1. The van der Waals surface area contributed by atoms with Crippen LogP contribution < -0.4 is 5.32 Å². The van der Waals surface area contributed by atoms with Crippen LogP contribution in [-0.4, -0.2) is 41.4 Å². The minimum absolute atomic E-state index is 0.0717. The summed E-state index contributed by atoms with van der Waals surface area (Å²) >= 11 is 0. The number of rotatable bonds is 5. The van der Waals surface area contributed by atoms with Gasteiger partial charge in [0.2, 0.25) is 0 Å². The van der Waals surface area contributed by atoms with E-state index < -0.39 is 23.7 Å². The number of aromatic carboxylic acids is 1. The van der Waals surface area contributed by atoms with Gasteiger partial charge in [-0.15, -0.1) is 0 Å². The molecule has 34 heavy (non-hydrogen) atoms. The second kappa shape index (κ2) is 8.28. The number of nitrogens with zero attached hydrogens (tertiary/aromatic N) is 5. The van der Waals surface area contributed by atoms with E-state index in [1.165, 1.54) is 7.05 Å². The number of aromatic nitrogens is 5. The van der Waals surface area contributed by atoms with E-state index in [4.69, 9.17) is 0 Å². The molecule has 4 aromatic rings. The van der Waals surface area contributed by atoms with Crippen molar-refractivity contribution in [3.63, 3.8) is 0 Å². The van der Waals surface area contributed by atoms with Crippen LogP contribution in [-0.2, 0) is 13.2 Å². The third-order valence-corrected chi connectivity index (χ3v) is 5.21. The zero-order valence-corrected chi connectivity index (χ0v) is 18.3. The molecule has 1 aromatic carbocycles. The Labute approximate surface area is 190 Å². The number of nitrogens with one attached hydrogen (secondary N) is 1. The first-order valence-electron chi connectivity index (χ1n) is 10.1. The van der Waals surface area contributed by atoms with Crippen molar-refractivity contribution in [2.45, 2.75) is 25.9 Å². The van der Waals surface area contributed by atoms with Crippen LogP contribution in [0.2, 0.25) is 0 Å². The predicted octanol–water partition coefficient (Wildman–Crippen LogP) is 4.22. The molecule has 0 saturated carbocycles. The molecule has 1 amide bonds. The quantitative estimate of drug-likeness (QED) is 0.450. The molecule has 9 nitrogen and oxygen atoms in total. The summed E-state index contributed by atoms with van der Waals surface area (Å²) in [5.74, 6) is -1.98. The summed E-state index contributed by atoms with van der Waals surface area (Å²) in [6.07, 6.45) is -3.65. The fraction of sp³-hybridized carbons (Fsp3) is 0.227. The summed E-state index contributed by atoms with van der Waals surface area (Å²) in [7, 11) is 1.37. The Bertz CT molecular complexity index is 1400. The van der Waals surface area contributed by atoms with Gasteiger partial charge < -0.3 is 10.4 Å². The third-order valence-electron chi connectivity index (χ3n) is 5.21. The van der Waals surface area contributed by atoms with Crippen LogP contribution in [0.4, 0.5) is 18.9 Å². The zero-order valence-electron chi connectivity index (χ0n) is 18.3. The molecule has 0 atom stereocenters. The molecule has 0 bridgehead atoms. The lowest BCUT2D eigenvalue weighted by molar-refractivity contribution is -0.142. The van der Waals surface area contributed by atoms with Gasteiger partial charge in [-0.05, 0) is 17.5 Å². The lowest BCUT2D eigenvalue weighted by atomic mass is 10.0. The first-order chi connectivity index (χ1) is 16.0. The molecule has 3 aromatic heterocycles. The lowest BCUT2D eigenvalue weighted by Gasteiger charge is -2.11. The molecule has 0 aliphatic rings. The highest BCUT2D eigenvalue weighted by atomic mass is 19.4. The van der Waals surface area contributed by atoms with Crippen molar-refractivity contribution in [1.29, 1.82) is 0 Å². The number of aryl methyl sites for hydroxylation is 1. The SMILES string of the molecule is CC(C)c1ccc(-c2cc(C(F)(F)F)n3nc(C(=O)Nc4cnn(C)c4C(=O)O)cc3n2)cc1. The fourth-order valence-electron chi connectivity index (χ4n) is 3.44. The van der Waals surface area contributed by atoms with Crippen LogP contribution in [0.5, 0.6) is 0 Å². The Kier molecular flexibility index (Phi) is 5.59. The lowest BCUT2D eigenvalue weighted by Crippen LogP contribution is -2.17. The normalized spacial score (nSPS) is 11.9. The van der Waals surface area contributed by atoms with Crippen LogP contribution >= 0.6 is 0 Å². The van der Waals surface area contributed by atoms with Crippen molar-refractivity contribution < 1.29 is 27.9 Å². The van der Waals surface area contributed by atoms with E-state index in [2.05, 4.69) is 20.5 Å². The van der Waals surface area contributed by atoms with Crippen molar-refractivity contribution in [1.82, 2.24) is 24.4 Å². The van der Waals surface area contributed by atoms with Crippen LogP contribution in [0, 0.1) is 0 Å². The molecular formula is C22H19F3N6O3. The van der Waals surface area contributed by atoms with Gasteiger partial charge in [0.25, 0.3) is 5.91 Å². The third kappa shape index (κ3) is 4.21. The van der Waals surface area contributed by atoms with Gasteiger partial charge in [-0.25, -0.2) is 14.3 Å². The van der Waals surface area contributed by atoms with Gasteiger partial charge >= 0.3 is 12.1 Å². The van der Waals surface area contributed by atoms with Crippen LogP contribution in [0.15, 0.2) is 42.6 Å². The van der Waals surface area contributed by atoms with Crippen LogP contribution in [0.1, 0.15) is 52.0 Å². The van der Waals surface area contributed by atoms with E-state index in [0.29, 0.717) is 10.1 Å². The summed E-state index contributed by atoms with van der Waals surface area (Å²) in [6, 6.07) is 9.00. The zero-order chi connectivity index (χ0) is 24.8. The molecular weight excluding hydrogens is 453 g/mol. The van der Waals surface area contributed by atoms with E-state index >= 15 is 0 Å². The number of halogens is 3. The molecule has 4 rings (SSSR count). The van der Waals surface area contributed by atoms with Gasteiger partial charge in [-0.3, -0.25) is 9.48 Å². The van der Waals surface area contributed by atoms with Crippen LogP contribution in [0.25, 0.3) is 16.9 Å². The number of carboxylic acids is 1. The summed E-state index contributed by atoms with van der Waals surface area (Å²) < 4.78 is 43.0. The summed E-state index contributed by atoms with van der Waals surface area (Å²) in [5, 5.41) is 19.1. The second-order valence-corrected chi connectivity index (χ2v) is 7.89. The molecule has 0 aliphatic heterocycles. The van der Waals surface area contributed by atoms with Crippen molar-refractivity contribution in [2.24, 2.45) is 7.05 Å². The van der Waals surface area contributed by atoms with E-state index in [1.54, 1.807) is 12.1 Å². The molecule has 0 spiro atoms.